The Morgan fingerprint density at radius 2 is 2.19 bits per heavy atom. The number of esters is 1. The number of ether oxygens (including phenoxy) is 1. The number of carbonyl (C=O) groups is 3. The molecule has 3 N–H and O–H groups in total. The molecule has 9 nitrogen and oxygen atoms in total. The Kier molecular flexibility index (Phi) is 5.36. The summed E-state index contributed by atoms with van der Waals surface area (Å²) < 4.78 is 4.69. The van der Waals surface area contributed by atoms with E-state index in [4.69, 9.17) is 5.73 Å². The van der Waals surface area contributed by atoms with Gasteiger partial charge in [-0.15, -0.1) is 0 Å². The highest BCUT2D eigenvalue weighted by atomic mass is 32.1. The maximum absolute atomic E-state index is 12.5. The van der Waals surface area contributed by atoms with Crippen molar-refractivity contribution < 1.29 is 19.1 Å². The van der Waals surface area contributed by atoms with E-state index >= 15 is 0 Å². The molecular weight excluding hydrogens is 370 g/mol. The fourth-order valence-corrected chi connectivity index (χ4v) is 3.93. The maximum Gasteiger partial charge on any atom is 0.356 e. The molecule has 142 valence electrons. The van der Waals surface area contributed by atoms with E-state index in [1.165, 1.54) is 29.5 Å². The molecule has 2 aromatic heterocycles. The van der Waals surface area contributed by atoms with Crippen LogP contribution in [0.5, 0.6) is 0 Å². The van der Waals surface area contributed by atoms with Crippen LogP contribution in [0.4, 0.5) is 9.93 Å². The second kappa shape index (κ2) is 7.70. The SMILES string of the molecule is COC(=O)c1cc(-c2sc(NC(=O)N3CCC[C@H]3C(N)=O)nc2C)ccn1. The first-order valence-electron chi connectivity index (χ1n) is 8.30. The molecule has 0 bridgehead atoms. The zero-order valence-corrected chi connectivity index (χ0v) is 15.7. The number of carbonyl (C=O) groups excluding carboxylic acids is 3. The van der Waals surface area contributed by atoms with Gasteiger partial charge in [0.05, 0.1) is 17.7 Å². The number of aromatic nitrogens is 2. The molecule has 2 aromatic rings. The van der Waals surface area contributed by atoms with E-state index < -0.39 is 23.9 Å². The molecule has 27 heavy (non-hydrogen) atoms. The first-order chi connectivity index (χ1) is 12.9. The van der Waals surface area contributed by atoms with Crippen LogP contribution in [0.1, 0.15) is 29.0 Å². The molecule has 0 radical (unpaired) electrons. The van der Waals surface area contributed by atoms with Gasteiger partial charge in [-0.25, -0.2) is 19.6 Å². The molecule has 3 rings (SSSR count). The number of primary amides is 1. The van der Waals surface area contributed by atoms with E-state index in [1.54, 1.807) is 12.1 Å². The lowest BCUT2D eigenvalue weighted by molar-refractivity contribution is -0.121. The highest BCUT2D eigenvalue weighted by Crippen LogP contribution is 2.33. The first kappa shape index (κ1) is 18.8. The lowest BCUT2D eigenvalue weighted by atomic mass is 10.2. The van der Waals surface area contributed by atoms with Gasteiger partial charge in [0.25, 0.3) is 0 Å². The van der Waals surface area contributed by atoms with Gasteiger partial charge in [0.15, 0.2) is 5.13 Å². The van der Waals surface area contributed by atoms with Gasteiger partial charge in [-0.05, 0) is 37.5 Å². The van der Waals surface area contributed by atoms with E-state index in [0.717, 1.165) is 16.9 Å². The minimum Gasteiger partial charge on any atom is -0.464 e. The number of methoxy groups -OCH3 is 1. The predicted octanol–water partition coefficient (Wildman–Crippen LogP) is 1.78. The number of nitrogens with zero attached hydrogens (tertiary/aromatic N) is 3. The number of thiazole rings is 1. The summed E-state index contributed by atoms with van der Waals surface area (Å²) >= 11 is 1.27. The lowest BCUT2D eigenvalue weighted by Gasteiger charge is -2.21. The number of pyridine rings is 1. The van der Waals surface area contributed by atoms with Gasteiger partial charge in [-0.1, -0.05) is 11.3 Å². The molecule has 0 saturated carbocycles. The van der Waals surface area contributed by atoms with Crippen molar-refractivity contribution in [1.82, 2.24) is 14.9 Å². The van der Waals surface area contributed by atoms with Crippen LogP contribution in [0, 0.1) is 6.92 Å². The fraction of sp³-hybridized carbons (Fsp3) is 0.353. The van der Waals surface area contributed by atoms with Crippen LogP contribution in [0.2, 0.25) is 0 Å². The van der Waals surface area contributed by atoms with Crippen molar-refractivity contribution in [3.05, 3.63) is 29.7 Å². The summed E-state index contributed by atoms with van der Waals surface area (Å²) in [5.74, 6) is -1.04. The third kappa shape index (κ3) is 3.90. The molecule has 1 aliphatic heterocycles. The Labute approximate surface area is 159 Å². The number of nitrogens with two attached hydrogens (primary N) is 1. The number of nitrogens with one attached hydrogen (secondary N) is 1. The summed E-state index contributed by atoms with van der Waals surface area (Å²) in [6, 6.07) is 2.37. The molecule has 3 heterocycles. The number of hydrogen-bond donors (Lipinski definition) is 2. The van der Waals surface area contributed by atoms with Crippen LogP contribution in [0.25, 0.3) is 10.4 Å². The molecule has 10 heteroatoms. The molecule has 1 atom stereocenters. The first-order valence-corrected chi connectivity index (χ1v) is 9.11. The van der Waals surface area contributed by atoms with Crippen molar-refractivity contribution in [2.75, 3.05) is 19.0 Å². The second-order valence-corrected chi connectivity index (χ2v) is 7.04. The number of likely N-dealkylation sites (tertiary alicyclic amines) is 1. The fourth-order valence-electron chi connectivity index (χ4n) is 2.97. The Morgan fingerprint density at radius 3 is 2.89 bits per heavy atom. The minimum atomic E-state index is -0.589. The van der Waals surface area contributed by atoms with Gasteiger partial charge in [-0.2, -0.15) is 0 Å². The van der Waals surface area contributed by atoms with Crippen molar-refractivity contribution in [1.29, 1.82) is 0 Å². The number of aryl methyl sites for hydroxylation is 1. The Balaban J connectivity index is 1.80. The Morgan fingerprint density at radius 1 is 1.41 bits per heavy atom. The molecule has 1 saturated heterocycles. The summed E-state index contributed by atoms with van der Waals surface area (Å²) in [4.78, 5) is 46.2. The highest BCUT2D eigenvalue weighted by molar-refractivity contribution is 7.19. The largest absolute Gasteiger partial charge is 0.464 e. The van der Waals surface area contributed by atoms with Crippen molar-refractivity contribution in [2.45, 2.75) is 25.8 Å². The van der Waals surface area contributed by atoms with E-state index in [9.17, 15) is 14.4 Å². The average molecular weight is 389 g/mol. The van der Waals surface area contributed by atoms with Crippen molar-refractivity contribution in [3.8, 4) is 10.4 Å². The van der Waals surface area contributed by atoms with E-state index in [2.05, 4.69) is 20.0 Å². The van der Waals surface area contributed by atoms with Gasteiger partial charge in [0.2, 0.25) is 5.91 Å². The zero-order chi connectivity index (χ0) is 19.6. The summed E-state index contributed by atoms with van der Waals surface area (Å²) in [7, 11) is 1.29. The molecule has 0 aromatic carbocycles. The Hall–Kier alpha value is -3.01. The number of anilines is 1. The standard InChI is InChI=1S/C17H19N5O4S/c1-9-13(10-5-6-19-11(8-10)15(24)26-2)27-16(20-9)21-17(25)22-7-3-4-12(22)14(18)23/h5-6,8,12H,3-4,7H2,1-2H3,(H2,18,23)(H,20,21,25)/t12-/m0/s1. The van der Waals surface area contributed by atoms with Crippen LogP contribution in [0.3, 0.4) is 0 Å². The molecular formula is C17H19N5O4S. The van der Waals surface area contributed by atoms with Gasteiger partial charge in [-0.3, -0.25) is 10.1 Å². The molecule has 0 spiro atoms. The number of amides is 3. The maximum atomic E-state index is 12.5. The van der Waals surface area contributed by atoms with Crippen molar-refractivity contribution >= 4 is 34.4 Å². The third-order valence-electron chi connectivity index (χ3n) is 4.27. The van der Waals surface area contributed by atoms with Crippen LogP contribution < -0.4 is 11.1 Å². The minimum absolute atomic E-state index is 0.190. The molecule has 0 aliphatic carbocycles. The van der Waals surface area contributed by atoms with E-state index in [1.807, 2.05) is 6.92 Å². The molecule has 1 aliphatic rings. The average Bonchev–Trinajstić information content (AvgIpc) is 3.28. The van der Waals surface area contributed by atoms with E-state index in [-0.39, 0.29) is 5.69 Å². The van der Waals surface area contributed by atoms with Crippen LogP contribution in [-0.4, -0.2) is 52.5 Å². The topological polar surface area (TPSA) is 128 Å². The lowest BCUT2D eigenvalue weighted by Crippen LogP contribution is -2.45. The number of rotatable bonds is 4. The smallest absolute Gasteiger partial charge is 0.356 e. The van der Waals surface area contributed by atoms with E-state index in [0.29, 0.717) is 23.8 Å². The van der Waals surface area contributed by atoms with Gasteiger partial charge in [0.1, 0.15) is 11.7 Å². The summed E-state index contributed by atoms with van der Waals surface area (Å²) in [5.41, 5.74) is 6.99. The molecule has 1 fully saturated rings. The predicted molar refractivity (Wildman–Crippen MR) is 99.4 cm³/mol. The van der Waals surface area contributed by atoms with Crippen molar-refractivity contribution in [2.24, 2.45) is 5.73 Å². The van der Waals surface area contributed by atoms with Crippen LogP contribution >= 0.6 is 11.3 Å². The number of urea groups is 1. The number of hydrogen-bond acceptors (Lipinski definition) is 7. The highest BCUT2D eigenvalue weighted by Gasteiger charge is 2.33. The summed E-state index contributed by atoms with van der Waals surface area (Å²) in [5, 5.41) is 3.13. The quantitative estimate of drug-likeness (QED) is 0.767. The molecule has 3 amide bonds. The van der Waals surface area contributed by atoms with Crippen LogP contribution in [-0.2, 0) is 9.53 Å². The van der Waals surface area contributed by atoms with Gasteiger partial charge < -0.3 is 15.4 Å². The zero-order valence-electron chi connectivity index (χ0n) is 14.9. The summed E-state index contributed by atoms with van der Waals surface area (Å²) in [6.07, 6.45) is 2.81. The van der Waals surface area contributed by atoms with Crippen molar-refractivity contribution in [3.63, 3.8) is 0 Å². The van der Waals surface area contributed by atoms with Gasteiger partial charge >= 0.3 is 12.0 Å². The second-order valence-electron chi connectivity index (χ2n) is 6.04. The normalized spacial score (nSPS) is 16.2. The Bertz CT molecular complexity index is 897. The third-order valence-corrected chi connectivity index (χ3v) is 5.39. The molecule has 0 unspecified atom stereocenters. The monoisotopic (exact) mass is 389 g/mol. The van der Waals surface area contributed by atoms with Crippen LogP contribution in [0.15, 0.2) is 18.3 Å². The summed E-state index contributed by atoms with van der Waals surface area (Å²) in [6.45, 7) is 2.28. The van der Waals surface area contributed by atoms with Gasteiger partial charge in [0, 0.05) is 12.7 Å².